The topological polar surface area (TPSA) is 26.0 Å². The second kappa shape index (κ2) is 5.39. The Morgan fingerprint density at radius 3 is 2.32 bits per heavy atom. The number of nitrogens with two attached hydrogens (primary N) is 1. The van der Waals surface area contributed by atoms with Crippen LogP contribution in [0.3, 0.4) is 0 Å². The molecule has 2 rings (SSSR count). The molecule has 1 nitrogen and oxygen atoms in total. The number of hydrogen-bond donors (Lipinski definition) is 1. The molecule has 0 heterocycles. The average Bonchev–Trinajstić information content (AvgIpc) is 2.39. The van der Waals surface area contributed by atoms with Gasteiger partial charge in [0, 0.05) is 10.0 Å². The highest BCUT2D eigenvalue weighted by Crippen LogP contribution is 2.31. The maximum atomic E-state index is 14.0. The molecule has 2 aromatic rings. The van der Waals surface area contributed by atoms with E-state index in [1.165, 1.54) is 19.1 Å². The molecular formula is C15H14BrF2N. The molecule has 0 aromatic heterocycles. The second-order valence-electron chi connectivity index (χ2n) is 4.56. The van der Waals surface area contributed by atoms with Crippen LogP contribution in [0, 0.1) is 25.5 Å². The third kappa shape index (κ3) is 2.55. The van der Waals surface area contributed by atoms with Gasteiger partial charge in [0.05, 0.1) is 6.04 Å². The summed E-state index contributed by atoms with van der Waals surface area (Å²) in [5, 5.41) is 0. The van der Waals surface area contributed by atoms with Gasteiger partial charge in [-0.3, -0.25) is 0 Å². The van der Waals surface area contributed by atoms with Gasteiger partial charge in [-0.05, 0) is 30.5 Å². The van der Waals surface area contributed by atoms with Crippen molar-refractivity contribution in [1.82, 2.24) is 0 Å². The van der Waals surface area contributed by atoms with Crippen LogP contribution in [0.15, 0.2) is 34.8 Å². The second-order valence-corrected chi connectivity index (χ2v) is 5.35. The SMILES string of the molecule is Cc1ccc(C(N)c2cccc(C)c2Br)c(F)c1F. The third-order valence-corrected chi connectivity index (χ3v) is 4.28. The van der Waals surface area contributed by atoms with Crippen molar-refractivity contribution in [3.05, 3.63) is 68.7 Å². The summed E-state index contributed by atoms with van der Waals surface area (Å²) in [4.78, 5) is 0. The van der Waals surface area contributed by atoms with Crippen LogP contribution in [0.25, 0.3) is 0 Å². The largest absolute Gasteiger partial charge is 0.320 e. The van der Waals surface area contributed by atoms with Crippen LogP contribution in [0.2, 0.25) is 0 Å². The lowest BCUT2D eigenvalue weighted by Gasteiger charge is -2.17. The molecule has 1 atom stereocenters. The fourth-order valence-corrected chi connectivity index (χ4v) is 2.49. The molecule has 1 unspecified atom stereocenters. The predicted octanol–water partition coefficient (Wildman–Crippen LogP) is 4.39. The van der Waals surface area contributed by atoms with Gasteiger partial charge < -0.3 is 5.73 Å². The fraction of sp³-hybridized carbons (Fsp3) is 0.200. The monoisotopic (exact) mass is 325 g/mol. The quantitative estimate of drug-likeness (QED) is 0.870. The molecule has 0 fully saturated rings. The molecule has 0 saturated heterocycles. The van der Waals surface area contributed by atoms with Crippen molar-refractivity contribution >= 4 is 15.9 Å². The summed E-state index contributed by atoms with van der Waals surface area (Å²) in [6.07, 6.45) is 0. The molecule has 100 valence electrons. The van der Waals surface area contributed by atoms with Crippen LogP contribution < -0.4 is 5.73 Å². The molecule has 2 N–H and O–H groups in total. The minimum Gasteiger partial charge on any atom is -0.320 e. The van der Waals surface area contributed by atoms with E-state index >= 15 is 0 Å². The van der Waals surface area contributed by atoms with E-state index < -0.39 is 17.7 Å². The Hall–Kier alpha value is -1.26. The van der Waals surface area contributed by atoms with Crippen LogP contribution in [0.5, 0.6) is 0 Å². The molecule has 0 aliphatic heterocycles. The van der Waals surface area contributed by atoms with Crippen LogP contribution in [-0.4, -0.2) is 0 Å². The lowest BCUT2D eigenvalue weighted by Crippen LogP contribution is -2.15. The summed E-state index contributed by atoms with van der Waals surface area (Å²) in [7, 11) is 0. The van der Waals surface area contributed by atoms with Crippen molar-refractivity contribution in [2.75, 3.05) is 0 Å². The maximum absolute atomic E-state index is 14.0. The molecular weight excluding hydrogens is 312 g/mol. The zero-order valence-corrected chi connectivity index (χ0v) is 12.3. The van der Waals surface area contributed by atoms with Gasteiger partial charge >= 0.3 is 0 Å². The molecule has 0 aliphatic rings. The molecule has 0 aliphatic carbocycles. The summed E-state index contributed by atoms with van der Waals surface area (Å²) < 4.78 is 28.4. The summed E-state index contributed by atoms with van der Waals surface area (Å²) in [6.45, 7) is 3.45. The van der Waals surface area contributed by atoms with Crippen molar-refractivity contribution in [2.24, 2.45) is 5.73 Å². The Morgan fingerprint density at radius 1 is 0.947 bits per heavy atom. The minimum absolute atomic E-state index is 0.161. The van der Waals surface area contributed by atoms with Crippen molar-refractivity contribution in [2.45, 2.75) is 19.9 Å². The zero-order chi connectivity index (χ0) is 14.2. The van der Waals surface area contributed by atoms with Gasteiger partial charge in [0.25, 0.3) is 0 Å². The van der Waals surface area contributed by atoms with E-state index in [4.69, 9.17) is 5.73 Å². The van der Waals surface area contributed by atoms with Gasteiger partial charge in [0.15, 0.2) is 11.6 Å². The molecule has 4 heteroatoms. The van der Waals surface area contributed by atoms with Crippen molar-refractivity contribution in [3.63, 3.8) is 0 Å². The smallest absolute Gasteiger partial charge is 0.164 e. The number of aryl methyl sites for hydroxylation is 2. The zero-order valence-electron chi connectivity index (χ0n) is 10.7. The summed E-state index contributed by atoms with van der Waals surface area (Å²) in [6, 6.07) is 7.94. The molecule has 0 bridgehead atoms. The number of benzene rings is 2. The van der Waals surface area contributed by atoms with Crippen LogP contribution in [0.1, 0.15) is 28.3 Å². The lowest BCUT2D eigenvalue weighted by atomic mass is 9.96. The highest BCUT2D eigenvalue weighted by molar-refractivity contribution is 9.10. The Kier molecular flexibility index (Phi) is 4.02. The summed E-state index contributed by atoms with van der Waals surface area (Å²) in [5.41, 5.74) is 8.24. The average molecular weight is 326 g/mol. The van der Waals surface area contributed by atoms with Crippen molar-refractivity contribution in [3.8, 4) is 0 Å². The lowest BCUT2D eigenvalue weighted by molar-refractivity contribution is 0.489. The van der Waals surface area contributed by atoms with Gasteiger partial charge in [-0.25, -0.2) is 8.78 Å². The molecule has 0 spiro atoms. The highest BCUT2D eigenvalue weighted by atomic mass is 79.9. The standard InChI is InChI=1S/C15H14BrF2N/c1-8-4-3-5-10(12(8)16)15(19)11-7-6-9(2)13(17)14(11)18/h3-7,15H,19H2,1-2H3. The van der Waals surface area contributed by atoms with Gasteiger partial charge in [-0.1, -0.05) is 46.3 Å². The van der Waals surface area contributed by atoms with Crippen LogP contribution >= 0.6 is 15.9 Å². The first-order chi connectivity index (χ1) is 8.93. The van der Waals surface area contributed by atoms with Gasteiger partial charge in [-0.15, -0.1) is 0 Å². The maximum Gasteiger partial charge on any atom is 0.164 e. The van der Waals surface area contributed by atoms with Gasteiger partial charge in [0.1, 0.15) is 0 Å². The Balaban J connectivity index is 2.53. The predicted molar refractivity (Wildman–Crippen MR) is 76.0 cm³/mol. The summed E-state index contributed by atoms with van der Waals surface area (Å²) >= 11 is 3.44. The van der Waals surface area contributed by atoms with Crippen LogP contribution in [-0.2, 0) is 0 Å². The first-order valence-corrected chi connectivity index (χ1v) is 6.68. The van der Waals surface area contributed by atoms with E-state index in [1.54, 1.807) is 6.07 Å². The van der Waals surface area contributed by atoms with E-state index in [1.807, 2.05) is 19.1 Å². The molecule has 0 amide bonds. The van der Waals surface area contributed by atoms with E-state index in [9.17, 15) is 8.78 Å². The molecule has 19 heavy (non-hydrogen) atoms. The van der Waals surface area contributed by atoms with E-state index in [0.29, 0.717) is 0 Å². The minimum atomic E-state index is -0.874. The van der Waals surface area contributed by atoms with E-state index in [0.717, 1.165) is 15.6 Å². The number of hydrogen-bond acceptors (Lipinski definition) is 1. The van der Waals surface area contributed by atoms with E-state index in [2.05, 4.69) is 15.9 Å². The first kappa shape index (κ1) is 14.2. The molecule has 2 aromatic carbocycles. The van der Waals surface area contributed by atoms with Gasteiger partial charge in [0.2, 0.25) is 0 Å². The normalized spacial score (nSPS) is 12.5. The Bertz CT molecular complexity index is 626. The molecule has 0 radical (unpaired) electrons. The van der Waals surface area contributed by atoms with Gasteiger partial charge in [-0.2, -0.15) is 0 Å². The highest BCUT2D eigenvalue weighted by Gasteiger charge is 2.20. The molecule has 0 saturated carbocycles. The van der Waals surface area contributed by atoms with Crippen molar-refractivity contribution in [1.29, 1.82) is 0 Å². The fourth-order valence-electron chi connectivity index (χ4n) is 1.98. The Labute approximate surface area is 119 Å². The van der Waals surface area contributed by atoms with E-state index in [-0.39, 0.29) is 11.1 Å². The third-order valence-electron chi connectivity index (χ3n) is 3.20. The summed E-state index contributed by atoms with van der Waals surface area (Å²) in [5.74, 6) is -1.71. The van der Waals surface area contributed by atoms with Crippen molar-refractivity contribution < 1.29 is 8.78 Å². The number of halogens is 3. The number of rotatable bonds is 2. The Morgan fingerprint density at radius 2 is 1.63 bits per heavy atom. The van der Waals surface area contributed by atoms with Crippen LogP contribution in [0.4, 0.5) is 8.78 Å². The first-order valence-electron chi connectivity index (χ1n) is 5.88.